The van der Waals surface area contributed by atoms with Gasteiger partial charge in [-0.2, -0.15) is 0 Å². The van der Waals surface area contributed by atoms with E-state index in [0.29, 0.717) is 0 Å². The predicted molar refractivity (Wildman–Crippen MR) is 90.4 cm³/mol. The molecular formula is C19H20N2O. The number of carbonyl (C=O) groups excluding carboxylic acids is 1. The maximum Gasteiger partial charge on any atom is 0.249 e. The molecule has 1 heterocycles. The third kappa shape index (κ3) is 2.93. The highest BCUT2D eigenvalue weighted by atomic mass is 16.2. The summed E-state index contributed by atoms with van der Waals surface area (Å²) in [7, 11) is 0. The average Bonchev–Trinajstić information content (AvgIpc) is 2.65. The lowest BCUT2D eigenvalue weighted by Crippen LogP contribution is -2.30. The standard InChI is InChI=1S/C19H20N2O/c1-13(2)18-19(22)21-16-11-7-6-10-15(16)17(20-18)12-14-8-4-3-5-9-14/h3-11,13,18H,12H2,1-2H3,(H,21,22)/t18-/m1/s1. The second-order valence-corrected chi connectivity index (χ2v) is 5.96. The number of para-hydroxylation sites is 1. The summed E-state index contributed by atoms with van der Waals surface area (Å²) in [6, 6.07) is 17.8. The number of anilines is 1. The lowest BCUT2D eigenvalue weighted by atomic mass is 10.00. The number of amides is 1. The Hall–Kier alpha value is -2.42. The second kappa shape index (κ2) is 6.14. The molecule has 1 atom stereocenters. The molecule has 1 amide bonds. The molecule has 1 aliphatic heterocycles. The van der Waals surface area contributed by atoms with Crippen LogP contribution in [0.1, 0.15) is 25.0 Å². The zero-order valence-corrected chi connectivity index (χ0v) is 12.9. The molecule has 2 aromatic carbocycles. The summed E-state index contributed by atoms with van der Waals surface area (Å²) < 4.78 is 0. The number of hydrogen-bond acceptors (Lipinski definition) is 2. The van der Waals surface area contributed by atoms with Gasteiger partial charge < -0.3 is 5.32 Å². The van der Waals surface area contributed by atoms with Gasteiger partial charge in [-0.05, 0) is 17.5 Å². The third-order valence-corrected chi connectivity index (χ3v) is 3.91. The van der Waals surface area contributed by atoms with E-state index >= 15 is 0 Å². The molecule has 3 rings (SSSR count). The number of aliphatic imine (C=N–C) groups is 1. The molecule has 112 valence electrons. The molecule has 0 aromatic heterocycles. The van der Waals surface area contributed by atoms with Gasteiger partial charge in [0.15, 0.2) is 0 Å². The van der Waals surface area contributed by atoms with Gasteiger partial charge in [0.25, 0.3) is 0 Å². The zero-order chi connectivity index (χ0) is 15.5. The van der Waals surface area contributed by atoms with Crippen molar-refractivity contribution in [1.29, 1.82) is 0 Å². The van der Waals surface area contributed by atoms with Crippen LogP contribution in [0.15, 0.2) is 59.6 Å². The Morgan fingerprint density at radius 3 is 2.45 bits per heavy atom. The monoisotopic (exact) mass is 292 g/mol. The Balaban J connectivity index is 2.05. The highest BCUT2D eigenvalue weighted by Gasteiger charge is 2.27. The number of carbonyl (C=O) groups is 1. The van der Waals surface area contributed by atoms with E-state index < -0.39 is 0 Å². The number of rotatable bonds is 3. The van der Waals surface area contributed by atoms with E-state index in [1.54, 1.807) is 0 Å². The van der Waals surface area contributed by atoms with Crippen molar-refractivity contribution >= 4 is 17.3 Å². The van der Waals surface area contributed by atoms with Crippen molar-refractivity contribution < 1.29 is 4.79 Å². The van der Waals surface area contributed by atoms with E-state index in [0.717, 1.165) is 23.4 Å². The highest BCUT2D eigenvalue weighted by Crippen LogP contribution is 2.24. The molecule has 1 N–H and O–H groups in total. The summed E-state index contributed by atoms with van der Waals surface area (Å²) in [4.78, 5) is 17.2. The largest absolute Gasteiger partial charge is 0.324 e. The molecule has 0 bridgehead atoms. The van der Waals surface area contributed by atoms with Gasteiger partial charge in [0, 0.05) is 23.4 Å². The Morgan fingerprint density at radius 1 is 1.05 bits per heavy atom. The smallest absolute Gasteiger partial charge is 0.249 e. The fourth-order valence-electron chi connectivity index (χ4n) is 2.73. The molecule has 0 fully saturated rings. The van der Waals surface area contributed by atoms with E-state index in [9.17, 15) is 4.79 Å². The first-order chi connectivity index (χ1) is 10.6. The fraction of sp³-hybridized carbons (Fsp3) is 0.263. The Labute approximate surface area is 131 Å². The van der Waals surface area contributed by atoms with Crippen LogP contribution < -0.4 is 5.32 Å². The summed E-state index contributed by atoms with van der Waals surface area (Å²) in [5, 5.41) is 3.02. The third-order valence-electron chi connectivity index (χ3n) is 3.91. The summed E-state index contributed by atoms with van der Waals surface area (Å²) >= 11 is 0. The van der Waals surface area contributed by atoms with E-state index in [1.807, 2.05) is 56.3 Å². The molecule has 0 spiro atoms. The number of benzene rings is 2. The van der Waals surface area contributed by atoms with E-state index in [2.05, 4.69) is 17.4 Å². The van der Waals surface area contributed by atoms with Crippen LogP contribution in [-0.4, -0.2) is 17.7 Å². The first kappa shape index (κ1) is 14.5. The van der Waals surface area contributed by atoms with Crippen LogP contribution in [0.5, 0.6) is 0 Å². The van der Waals surface area contributed by atoms with Gasteiger partial charge in [-0.25, -0.2) is 0 Å². The van der Waals surface area contributed by atoms with Gasteiger partial charge >= 0.3 is 0 Å². The minimum absolute atomic E-state index is 0.0227. The van der Waals surface area contributed by atoms with Crippen molar-refractivity contribution in [3.63, 3.8) is 0 Å². The second-order valence-electron chi connectivity index (χ2n) is 5.96. The summed E-state index contributed by atoms with van der Waals surface area (Å²) in [5.41, 5.74) is 4.04. The van der Waals surface area contributed by atoms with Gasteiger partial charge in [-0.1, -0.05) is 62.4 Å². The minimum Gasteiger partial charge on any atom is -0.324 e. The van der Waals surface area contributed by atoms with Crippen LogP contribution >= 0.6 is 0 Å². The van der Waals surface area contributed by atoms with Crippen LogP contribution in [0, 0.1) is 5.92 Å². The van der Waals surface area contributed by atoms with Gasteiger partial charge in [0.2, 0.25) is 5.91 Å². The first-order valence-corrected chi connectivity index (χ1v) is 7.66. The van der Waals surface area contributed by atoms with Crippen LogP contribution in [0.2, 0.25) is 0 Å². The molecule has 2 aromatic rings. The van der Waals surface area contributed by atoms with Crippen molar-refractivity contribution in [3.05, 3.63) is 65.7 Å². The van der Waals surface area contributed by atoms with Crippen LogP contribution in [0.4, 0.5) is 5.69 Å². The summed E-state index contributed by atoms with van der Waals surface area (Å²) in [5.74, 6) is 0.144. The molecule has 3 heteroatoms. The van der Waals surface area contributed by atoms with Crippen LogP contribution in [-0.2, 0) is 11.2 Å². The Morgan fingerprint density at radius 2 is 1.73 bits per heavy atom. The van der Waals surface area contributed by atoms with Crippen molar-refractivity contribution in [3.8, 4) is 0 Å². The average molecular weight is 292 g/mol. The Bertz CT molecular complexity index is 704. The van der Waals surface area contributed by atoms with Gasteiger partial charge in [0.05, 0.1) is 0 Å². The number of fused-ring (bicyclic) bond motifs is 1. The lowest BCUT2D eigenvalue weighted by molar-refractivity contribution is -0.118. The topological polar surface area (TPSA) is 41.5 Å². The molecule has 0 unspecified atom stereocenters. The van der Waals surface area contributed by atoms with E-state index in [1.165, 1.54) is 5.56 Å². The van der Waals surface area contributed by atoms with Crippen molar-refractivity contribution in [2.45, 2.75) is 26.3 Å². The molecule has 22 heavy (non-hydrogen) atoms. The van der Waals surface area contributed by atoms with Gasteiger partial charge in [0.1, 0.15) is 6.04 Å². The summed E-state index contributed by atoms with van der Waals surface area (Å²) in [6.07, 6.45) is 0.732. The highest BCUT2D eigenvalue weighted by molar-refractivity contribution is 6.12. The molecule has 3 nitrogen and oxygen atoms in total. The number of nitrogens with one attached hydrogen (secondary N) is 1. The fourth-order valence-corrected chi connectivity index (χ4v) is 2.73. The molecule has 0 saturated carbocycles. The molecule has 1 aliphatic rings. The molecular weight excluding hydrogens is 272 g/mol. The number of benzodiazepines with no additional fused rings is 1. The zero-order valence-electron chi connectivity index (χ0n) is 12.9. The molecule has 0 radical (unpaired) electrons. The van der Waals surface area contributed by atoms with Crippen molar-refractivity contribution in [2.24, 2.45) is 10.9 Å². The van der Waals surface area contributed by atoms with Crippen LogP contribution in [0.3, 0.4) is 0 Å². The van der Waals surface area contributed by atoms with Gasteiger partial charge in [-0.3, -0.25) is 9.79 Å². The lowest BCUT2D eigenvalue weighted by Gasteiger charge is -2.14. The van der Waals surface area contributed by atoms with E-state index in [4.69, 9.17) is 4.99 Å². The maximum absolute atomic E-state index is 12.4. The minimum atomic E-state index is -0.342. The van der Waals surface area contributed by atoms with E-state index in [-0.39, 0.29) is 17.9 Å². The quantitative estimate of drug-likeness (QED) is 0.921. The number of nitrogens with zero attached hydrogens (tertiary/aromatic N) is 1. The first-order valence-electron chi connectivity index (χ1n) is 7.66. The van der Waals surface area contributed by atoms with Crippen molar-refractivity contribution in [1.82, 2.24) is 0 Å². The molecule has 0 aliphatic carbocycles. The number of hydrogen-bond donors (Lipinski definition) is 1. The summed E-state index contributed by atoms with van der Waals surface area (Å²) in [6.45, 7) is 4.06. The SMILES string of the molecule is CC(C)[C@H]1N=C(Cc2ccccc2)c2ccccc2NC1=O. The van der Waals surface area contributed by atoms with Crippen LogP contribution in [0.25, 0.3) is 0 Å². The predicted octanol–water partition coefficient (Wildman–Crippen LogP) is 3.70. The van der Waals surface area contributed by atoms with Crippen molar-refractivity contribution in [2.75, 3.05) is 5.32 Å². The maximum atomic E-state index is 12.4. The van der Waals surface area contributed by atoms with Gasteiger partial charge in [-0.15, -0.1) is 0 Å². The normalized spacial score (nSPS) is 17.5. The molecule has 0 saturated heterocycles. The Kier molecular flexibility index (Phi) is 4.05.